The van der Waals surface area contributed by atoms with Gasteiger partial charge in [0.25, 0.3) is 5.91 Å². The fourth-order valence-corrected chi connectivity index (χ4v) is 3.56. The van der Waals surface area contributed by atoms with Gasteiger partial charge in [0.05, 0.1) is 6.54 Å². The maximum Gasteiger partial charge on any atom is 0.324 e. The number of ether oxygens (including phenoxy) is 1. The van der Waals surface area contributed by atoms with E-state index >= 15 is 0 Å². The number of amides is 3. The number of urea groups is 1. The maximum atomic E-state index is 13.4. The Labute approximate surface area is 177 Å². The summed E-state index contributed by atoms with van der Waals surface area (Å²) in [6, 6.07) is 10.9. The Bertz CT molecular complexity index is 1110. The number of aromatic nitrogens is 2. The highest BCUT2D eigenvalue weighted by Crippen LogP contribution is 2.24. The van der Waals surface area contributed by atoms with Crippen molar-refractivity contribution in [2.75, 3.05) is 6.54 Å². The van der Waals surface area contributed by atoms with Crippen LogP contribution in [0.15, 0.2) is 48.5 Å². The number of hydrogen-bond acceptors (Lipinski definition) is 4. The van der Waals surface area contributed by atoms with Crippen LogP contribution in [0.2, 0.25) is 0 Å². The van der Waals surface area contributed by atoms with Crippen molar-refractivity contribution in [2.24, 2.45) is 7.05 Å². The number of imide groups is 1. The third-order valence-corrected chi connectivity index (χ3v) is 5.08. The number of carbonyl (C=O) groups excluding carboxylic acids is 2. The van der Waals surface area contributed by atoms with E-state index in [4.69, 9.17) is 4.74 Å². The summed E-state index contributed by atoms with van der Waals surface area (Å²) in [5, 5.41) is 6.83. The van der Waals surface area contributed by atoms with E-state index < -0.39 is 23.6 Å². The molecule has 1 aliphatic rings. The van der Waals surface area contributed by atoms with E-state index in [1.807, 2.05) is 0 Å². The molecule has 0 aliphatic carbocycles. The Morgan fingerprint density at radius 3 is 2.55 bits per heavy atom. The van der Waals surface area contributed by atoms with Gasteiger partial charge in [0.2, 0.25) is 0 Å². The summed E-state index contributed by atoms with van der Waals surface area (Å²) in [4.78, 5) is 26.4. The fourth-order valence-electron chi connectivity index (χ4n) is 3.56. The Kier molecular flexibility index (Phi) is 5.66. The summed E-state index contributed by atoms with van der Waals surface area (Å²) in [5.41, 5.74) is 2.70. The van der Waals surface area contributed by atoms with E-state index in [-0.39, 0.29) is 18.9 Å². The summed E-state index contributed by atoms with van der Waals surface area (Å²) >= 11 is 0. The van der Waals surface area contributed by atoms with Gasteiger partial charge in [0, 0.05) is 55.0 Å². The highest BCUT2D eigenvalue weighted by molar-refractivity contribution is 6.04. The van der Waals surface area contributed by atoms with Gasteiger partial charge in [0.15, 0.2) is 0 Å². The summed E-state index contributed by atoms with van der Waals surface area (Å²) in [5.74, 6) is -1.89. The molecule has 0 spiro atoms. The minimum absolute atomic E-state index is 0.00945. The van der Waals surface area contributed by atoms with Crippen LogP contribution in [-0.2, 0) is 26.6 Å². The van der Waals surface area contributed by atoms with Gasteiger partial charge in [-0.15, -0.1) is 0 Å². The van der Waals surface area contributed by atoms with Crippen molar-refractivity contribution in [3.63, 3.8) is 0 Å². The second-order valence-electron chi connectivity index (χ2n) is 7.19. The molecule has 0 unspecified atom stereocenters. The molecule has 1 N–H and O–H groups in total. The molecule has 3 amide bonds. The lowest BCUT2D eigenvalue weighted by Gasteiger charge is -2.27. The minimum Gasteiger partial charge on any atom is -0.487 e. The molecule has 160 valence electrons. The number of carbonyl (C=O) groups is 2. The lowest BCUT2D eigenvalue weighted by Crippen LogP contribution is -2.45. The standard InChI is InChI=1S/C22H20F2N4O3/c1-27-20-7-8-28(22(30)25-21(29)14-5-3-2-4-6-14)12-18(20)19(26-27)13-31-17-10-15(23)9-16(24)11-17/h2-6,9-11H,7-8,12-13H2,1H3,(H,25,29,30). The van der Waals surface area contributed by atoms with E-state index in [1.54, 1.807) is 42.1 Å². The predicted octanol–water partition coefficient (Wildman–Crippen LogP) is 3.19. The molecule has 4 rings (SSSR count). The molecule has 3 aromatic rings. The molecule has 1 aliphatic heterocycles. The van der Waals surface area contributed by atoms with Crippen molar-refractivity contribution < 1.29 is 23.1 Å². The van der Waals surface area contributed by atoms with Crippen LogP contribution in [0.1, 0.15) is 27.3 Å². The van der Waals surface area contributed by atoms with Crippen LogP contribution in [0.3, 0.4) is 0 Å². The molecule has 0 radical (unpaired) electrons. The molecule has 0 atom stereocenters. The quantitative estimate of drug-likeness (QED) is 0.695. The van der Waals surface area contributed by atoms with Gasteiger partial charge in [-0.3, -0.25) is 14.8 Å². The Hall–Kier alpha value is -3.75. The summed E-state index contributed by atoms with van der Waals surface area (Å²) in [7, 11) is 1.79. The first-order chi connectivity index (χ1) is 14.9. The average Bonchev–Trinajstić information content (AvgIpc) is 3.07. The maximum absolute atomic E-state index is 13.4. The van der Waals surface area contributed by atoms with Crippen molar-refractivity contribution in [2.45, 2.75) is 19.6 Å². The molecule has 9 heteroatoms. The van der Waals surface area contributed by atoms with Crippen LogP contribution in [0.5, 0.6) is 5.75 Å². The Morgan fingerprint density at radius 2 is 1.84 bits per heavy atom. The monoisotopic (exact) mass is 426 g/mol. The lowest BCUT2D eigenvalue weighted by atomic mass is 10.1. The second-order valence-corrected chi connectivity index (χ2v) is 7.19. The molecular weight excluding hydrogens is 406 g/mol. The number of nitrogens with zero attached hydrogens (tertiary/aromatic N) is 3. The summed E-state index contributed by atoms with van der Waals surface area (Å²) < 4.78 is 34.0. The summed E-state index contributed by atoms with van der Waals surface area (Å²) in [6.07, 6.45) is 0.556. The summed E-state index contributed by atoms with van der Waals surface area (Å²) in [6.45, 7) is 0.660. The number of benzene rings is 2. The first-order valence-corrected chi connectivity index (χ1v) is 9.68. The zero-order chi connectivity index (χ0) is 22.0. The number of fused-ring (bicyclic) bond motifs is 1. The molecule has 1 aromatic heterocycles. The van der Waals surface area contributed by atoms with Crippen LogP contribution < -0.4 is 10.1 Å². The normalized spacial score (nSPS) is 12.9. The molecule has 2 heterocycles. The largest absolute Gasteiger partial charge is 0.487 e. The van der Waals surface area contributed by atoms with Gasteiger partial charge in [-0.1, -0.05) is 18.2 Å². The zero-order valence-electron chi connectivity index (χ0n) is 16.8. The molecule has 0 bridgehead atoms. The van der Waals surface area contributed by atoms with Gasteiger partial charge in [-0.05, 0) is 12.1 Å². The van der Waals surface area contributed by atoms with Crippen molar-refractivity contribution in [1.82, 2.24) is 20.0 Å². The second kappa shape index (κ2) is 8.55. The topological polar surface area (TPSA) is 76.5 Å². The van der Waals surface area contributed by atoms with E-state index in [9.17, 15) is 18.4 Å². The SMILES string of the molecule is Cn1nc(COc2cc(F)cc(F)c2)c2c1CCN(C(=O)NC(=O)c1ccccc1)C2. The molecule has 0 saturated carbocycles. The molecule has 0 saturated heterocycles. The predicted molar refractivity (Wildman–Crippen MR) is 107 cm³/mol. The molecule has 31 heavy (non-hydrogen) atoms. The highest BCUT2D eigenvalue weighted by Gasteiger charge is 2.27. The van der Waals surface area contributed by atoms with Gasteiger partial charge in [0.1, 0.15) is 29.7 Å². The fraction of sp³-hybridized carbons (Fsp3) is 0.227. The Balaban J connectivity index is 1.45. The number of aryl methyl sites for hydroxylation is 1. The van der Waals surface area contributed by atoms with Crippen molar-refractivity contribution in [3.05, 3.63) is 82.7 Å². The van der Waals surface area contributed by atoms with Crippen LogP contribution in [0, 0.1) is 11.6 Å². The third-order valence-electron chi connectivity index (χ3n) is 5.08. The van der Waals surface area contributed by atoms with Crippen molar-refractivity contribution in [1.29, 1.82) is 0 Å². The van der Waals surface area contributed by atoms with Gasteiger partial charge in [-0.2, -0.15) is 5.10 Å². The van der Waals surface area contributed by atoms with Crippen LogP contribution >= 0.6 is 0 Å². The van der Waals surface area contributed by atoms with E-state index in [2.05, 4.69) is 10.4 Å². The number of nitrogens with one attached hydrogen (secondary N) is 1. The number of halogens is 2. The van der Waals surface area contributed by atoms with Gasteiger partial charge in [-0.25, -0.2) is 13.6 Å². The first-order valence-electron chi connectivity index (χ1n) is 9.68. The smallest absolute Gasteiger partial charge is 0.324 e. The van der Waals surface area contributed by atoms with Crippen molar-refractivity contribution in [3.8, 4) is 5.75 Å². The van der Waals surface area contributed by atoms with Crippen LogP contribution in [-0.4, -0.2) is 33.2 Å². The molecule has 2 aromatic carbocycles. The van der Waals surface area contributed by atoms with E-state index in [0.29, 0.717) is 24.2 Å². The van der Waals surface area contributed by atoms with E-state index in [0.717, 1.165) is 29.5 Å². The van der Waals surface area contributed by atoms with Gasteiger partial charge >= 0.3 is 6.03 Å². The highest BCUT2D eigenvalue weighted by atomic mass is 19.1. The van der Waals surface area contributed by atoms with Crippen LogP contribution in [0.4, 0.5) is 13.6 Å². The molecular formula is C22H20F2N4O3. The Morgan fingerprint density at radius 1 is 1.13 bits per heavy atom. The molecule has 0 fully saturated rings. The van der Waals surface area contributed by atoms with E-state index in [1.165, 1.54) is 4.90 Å². The van der Waals surface area contributed by atoms with Crippen LogP contribution in [0.25, 0.3) is 0 Å². The molecule has 7 nitrogen and oxygen atoms in total. The van der Waals surface area contributed by atoms with Gasteiger partial charge < -0.3 is 9.64 Å². The lowest BCUT2D eigenvalue weighted by molar-refractivity contribution is 0.0949. The zero-order valence-corrected chi connectivity index (χ0v) is 16.8. The number of rotatable bonds is 4. The van der Waals surface area contributed by atoms with Crippen molar-refractivity contribution >= 4 is 11.9 Å². The number of hydrogen-bond donors (Lipinski definition) is 1. The average molecular weight is 426 g/mol. The first kappa shape index (κ1) is 20.5. The third kappa shape index (κ3) is 4.55. The minimum atomic E-state index is -0.732.